The molecule has 3 rings (SSSR count). The molecule has 1 atom stereocenters. The zero-order chi connectivity index (χ0) is 19.6. The van der Waals surface area contributed by atoms with E-state index in [1.807, 2.05) is 6.92 Å². The van der Waals surface area contributed by atoms with Crippen molar-refractivity contribution in [2.75, 3.05) is 7.11 Å². The van der Waals surface area contributed by atoms with Crippen molar-refractivity contribution in [3.63, 3.8) is 0 Å². The molecule has 8 nitrogen and oxygen atoms in total. The molecule has 0 fully saturated rings. The molecule has 2 aromatic carbocycles. The smallest absolute Gasteiger partial charge is 0.365 e. The fourth-order valence-electron chi connectivity index (χ4n) is 2.62. The summed E-state index contributed by atoms with van der Waals surface area (Å²) in [5.74, 6) is 0.383. The highest BCUT2D eigenvalue weighted by Gasteiger charge is 2.24. The number of fused-ring (bicyclic) bond motifs is 1. The molecule has 0 unspecified atom stereocenters. The van der Waals surface area contributed by atoms with Crippen molar-refractivity contribution in [2.24, 2.45) is 5.16 Å². The summed E-state index contributed by atoms with van der Waals surface area (Å²) in [4.78, 5) is 27.5. The van der Waals surface area contributed by atoms with Crippen LogP contribution in [0, 0.1) is 10.1 Å². The Kier molecular flexibility index (Phi) is 5.27. The summed E-state index contributed by atoms with van der Waals surface area (Å²) < 4.78 is 10.9. The number of methoxy groups -OCH3 is 1. The largest absolute Gasteiger partial charge is 0.497 e. The summed E-state index contributed by atoms with van der Waals surface area (Å²) in [7, 11) is 1.55. The lowest BCUT2D eigenvalue weighted by atomic mass is 10.0. The Balaban J connectivity index is 1.85. The first-order valence-corrected chi connectivity index (χ1v) is 8.34. The number of nitro groups is 1. The van der Waals surface area contributed by atoms with Gasteiger partial charge < -0.3 is 14.3 Å². The first kappa shape index (κ1) is 18.7. The quantitative estimate of drug-likeness (QED) is 0.444. The van der Waals surface area contributed by atoms with E-state index in [-0.39, 0.29) is 22.4 Å². The van der Waals surface area contributed by atoms with Gasteiger partial charge in [0.25, 0.3) is 5.69 Å². The van der Waals surface area contributed by atoms with Gasteiger partial charge in [0, 0.05) is 24.1 Å². The average molecular weight is 391 g/mol. The zero-order valence-corrected chi connectivity index (χ0v) is 15.2. The first-order valence-electron chi connectivity index (χ1n) is 7.96. The molecule has 0 saturated carbocycles. The van der Waals surface area contributed by atoms with Gasteiger partial charge in [0.2, 0.25) is 0 Å². The Bertz CT molecular complexity index is 943. The molecule has 0 saturated heterocycles. The summed E-state index contributed by atoms with van der Waals surface area (Å²) in [6.07, 6.45) is 0.270. The molecule has 0 spiro atoms. The molecule has 0 N–H and O–H groups in total. The van der Waals surface area contributed by atoms with Gasteiger partial charge >= 0.3 is 5.97 Å². The van der Waals surface area contributed by atoms with E-state index in [4.69, 9.17) is 25.9 Å². The predicted octanol–water partition coefficient (Wildman–Crippen LogP) is 3.99. The second-order valence-corrected chi connectivity index (χ2v) is 6.24. The number of ether oxygens (including phenoxy) is 2. The van der Waals surface area contributed by atoms with E-state index in [1.54, 1.807) is 25.3 Å². The Hall–Kier alpha value is -3.13. The van der Waals surface area contributed by atoms with Gasteiger partial charge in [-0.1, -0.05) is 16.8 Å². The van der Waals surface area contributed by atoms with Crippen molar-refractivity contribution in [3.8, 4) is 11.5 Å². The van der Waals surface area contributed by atoms with Gasteiger partial charge in [-0.25, -0.2) is 4.79 Å². The SMILES string of the molecule is COc1ccc2c(c1)O[C@H](C)C/C2=N\OC(=O)c1ccc(Cl)c([N+](=O)[O-])c1. The molecule has 1 heterocycles. The van der Waals surface area contributed by atoms with Crippen LogP contribution in [0.3, 0.4) is 0 Å². The van der Waals surface area contributed by atoms with Gasteiger partial charge in [-0.3, -0.25) is 10.1 Å². The normalized spacial score (nSPS) is 17.0. The van der Waals surface area contributed by atoms with Crippen LogP contribution in [0.1, 0.15) is 29.3 Å². The molecule has 0 radical (unpaired) electrons. The number of rotatable bonds is 4. The highest BCUT2D eigenvalue weighted by Crippen LogP contribution is 2.32. The topological polar surface area (TPSA) is 100 Å². The minimum atomic E-state index is -0.823. The van der Waals surface area contributed by atoms with Crippen molar-refractivity contribution in [3.05, 3.63) is 62.7 Å². The summed E-state index contributed by atoms with van der Waals surface area (Å²) >= 11 is 5.75. The van der Waals surface area contributed by atoms with Crippen LogP contribution < -0.4 is 9.47 Å². The predicted molar refractivity (Wildman–Crippen MR) is 97.8 cm³/mol. The molecular weight excluding hydrogens is 376 g/mol. The molecule has 0 bridgehead atoms. The number of hydrogen-bond donors (Lipinski definition) is 0. The fourth-order valence-corrected chi connectivity index (χ4v) is 2.81. The number of carbonyl (C=O) groups is 1. The molecule has 2 aromatic rings. The van der Waals surface area contributed by atoms with E-state index in [0.717, 1.165) is 6.07 Å². The third-order valence-corrected chi connectivity index (χ3v) is 4.25. The van der Waals surface area contributed by atoms with Crippen molar-refractivity contribution in [1.82, 2.24) is 0 Å². The van der Waals surface area contributed by atoms with Crippen LogP contribution in [0.5, 0.6) is 11.5 Å². The van der Waals surface area contributed by atoms with Crippen LogP contribution in [-0.4, -0.2) is 29.8 Å². The molecule has 1 aliphatic rings. The highest BCUT2D eigenvalue weighted by atomic mass is 35.5. The highest BCUT2D eigenvalue weighted by molar-refractivity contribution is 6.32. The summed E-state index contributed by atoms with van der Waals surface area (Å²) in [5, 5.41) is 14.8. The van der Waals surface area contributed by atoms with Crippen LogP contribution >= 0.6 is 11.6 Å². The second kappa shape index (κ2) is 7.63. The first-order chi connectivity index (χ1) is 12.9. The minimum absolute atomic E-state index is 0.0227. The number of halogens is 1. The number of oxime groups is 1. The molecule has 0 aromatic heterocycles. The van der Waals surface area contributed by atoms with Gasteiger partial charge in [0.1, 0.15) is 22.6 Å². The lowest BCUT2D eigenvalue weighted by molar-refractivity contribution is -0.384. The lowest BCUT2D eigenvalue weighted by Gasteiger charge is -2.24. The van der Waals surface area contributed by atoms with Crippen LogP contribution in [0.25, 0.3) is 0 Å². The number of benzene rings is 2. The van der Waals surface area contributed by atoms with E-state index in [1.165, 1.54) is 12.1 Å². The van der Waals surface area contributed by atoms with Gasteiger partial charge in [0.05, 0.1) is 23.3 Å². The van der Waals surface area contributed by atoms with Gasteiger partial charge in [0.15, 0.2) is 0 Å². The van der Waals surface area contributed by atoms with Crippen molar-refractivity contribution in [1.29, 1.82) is 0 Å². The van der Waals surface area contributed by atoms with E-state index >= 15 is 0 Å². The number of hydrogen-bond acceptors (Lipinski definition) is 7. The maximum absolute atomic E-state index is 12.2. The molecule has 140 valence electrons. The third-order valence-electron chi connectivity index (χ3n) is 3.93. The van der Waals surface area contributed by atoms with Crippen LogP contribution in [0.4, 0.5) is 5.69 Å². The zero-order valence-electron chi connectivity index (χ0n) is 14.5. The molecule has 27 heavy (non-hydrogen) atoms. The molecule has 9 heteroatoms. The third kappa shape index (κ3) is 4.01. The van der Waals surface area contributed by atoms with Crippen LogP contribution in [0.15, 0.2) is 41.6 Å². The van der Waals surface area contributed by atoms with Gasteiger partial charge in [-0.2, -0.15) is 0 Å². The Labute approximate surface area is 159 Å². The Morgan fingerprint density at radius 1 is 1.33 bits per heavy atom. The lowest BCUT2D eigenvalue weighted by Crippen LogP contribution is -2.25. The number of nitrogens with zero attached hydrogens (tertiary/aromatic N) is 2. The standard InChI is InChI=1S/C18H15ClN2O6/c1-10-7-15(13-5-4-12(25-2)9-17(13)26-10)20-27-18(22)11-3-6-14(19)16(8-11)21(23)24/h3-6,8-10H,7H2,1-2H3/b20-15+/t10-/m1/s1. The van der Waals surface area contributed by atoms with Crippen molar-refractivity contribution in [2.45, 2.75) is 19.4 Å². The average Bonchev–Trinajstić information content (AvgIpc) is 2.65. The van der Waals surface area contributed by atoms with Gasteiger partial charge in [-0.05, 0) is 31.2 Å². The summed E-state index contributed by atoms with van der Waals surface area (Å²) in [6.45, 7) is 1.86. The van der Waals surface area contributed by atoms with E-state index < -0.39 is 10.9 Å². The summed E-state index contributed by atoms with van der Waals surface area (Å²) in [5.41, 5.74) is 0.813. The van der Waals surface area contributed by atoms with E-state index in [2.05, 4.69) is 5.16 Å². The number of nitro benzene ring substituents is 1. The van der Waals surface area contributed by atoms with Gasteiger partial charge in [-0.15, -0.1) is 0 Å². The van der Waals surface area contributed by atoms with Crippen molar-refractivity contribution >= 4 is 29.0 Å². The fraction of sp³-hybridized carbons (Fsp3) is 0.222. The molecular formula is C18H15ClN2O6. The maximum atomic E-state index is 12.2. The van der Waals surface area contributed by atoms with E-state index in [9.17, 15) is 14.9 Å². The van der Waals surface area contributed by atoms with Crippen molar-refractivity contribution < 1.29 is 24.0 Å². The molecule has 1 aliphatic heterocycles. The molecule has 0 amide bonds. The summed E-state index contributed by atoms with van der Waals surface area (Å²) in [6, 6.07) is 8.89. The maximum Gasteiger partial charge on any atom is 0.365 e. The Morgan fingerprint density at radius 2 is 2.11 bits per heavy atom. The monoisotopic (exact) mass is 390 g/mol. The van der Waals surface area contributed by atoms with E-state index in [0.29, 0.717) is 29.2 Å². The second-order valence-electron chi connectivity index (χ2n) is 5.83. The number of carbonyl (C=O) groups excluding carboxylic acids is 1. The Morgan fingerprint density at radius 3 is 2.81 bits per heavy atom. The molecule has 0 aliphatic carbocycles. The van der Waals surface area contributed by atoms with Crippen LogP contribution in [0.2, 0.25) is 5.02 Å². The van der Waals surface area contributed by atoms with Crippen LogP contribution in [-0.2, 0) is 4.84 Å². The minimum Gasteiger partial charge on any atom is -0.497 e.